The molecule has 1 N–H and O–H groups in total. The molecule has 1 aromatic carbocycles. The number of aromatic amines is 1. The molecular formula is C14H19N3. The van der Waals surface area contributed by atoms with Crippen molar-refractivity contribution in [3.05, 3.63) is 24.3 Å². The number of benzene rings is 1. The quantitative estimate of drug-likeness (QED) is 0.815. The molecule has 1 saturated heterocycles. The normalized spacial score (nSPS) is 25.4. The lowest BCUT2D eigenvalue weighted by Crippen LogP contribution is -2.39. The van der Waals surface area contributed by atoms with Crippen LogP contribution in [0.2, 0.25) is 0 Å². The Hall–Kier alpha value is -1.51. The summed E-state index contributed by atoms with van der Waals surface area (Å²) < 4.78 is 0. The van der Waals surface area contributed by atoms with E-state index in [9.17, 15) is 0 Å². The molecule has 3 nitrogen and oxygen atoms in total. The number of imidazole rings is 1. The van der Waals surface area contributed by atoms with Crippen molar-refractivity contribution in [2.45, 2.75) is 20.3 Å². The van der Waals surface area contributed by atoms with Gasteiger partial charge < -0.3 is 9.88 Å². The van der Waals surface area contributed by atoms with Gasteiger partial charge in [-0.3, -0.25) is 0 Å². The fraction of sp³-hybridized carbons (Fsp3) is 0.500. The van der Waals surface area contributed by atoms with Gasteiger partial charge in [0.25, 0.3) is 0 Å². The number of nitrogens with one attached hydrogen (secondary N) is 1. The topological polar surface area (TPSA) is 31.9 Å². The second kappa shape index (κ2) is 4.06. The lowest BCUT2D eigenvalue weighted by molar-refractivity contribution is 0.354. The predicted octanol–water partition coefficient (Wildman–Crippen LogP) is 3.05. The zero-order chi connectivity index (χ0) is 11.8. The third-order valence-electron chi connectivity index (χ3n) is 3.55. The zero-order valence-corrected chi connectivity index (χ0v) is 10.5. The molecule has 0 unspecified atom stereocenters. The molecule has 3 rings (SSSR count). The van der Waals surface area contributed by atoms with Gasteiger partial charge in [0.15, 0.2) is 0 Å². The third kappa shape index (κ3) is 2.02. The minimum Gasteiger partial charge on any atom is -0.342 e. The molecule has 1 aliphatic rings. The van der Waals surface area contributed by atoms with E-state index in [4.69, 9.17) is 0 Å². The maximum atomic E-state index is 4.68. The van der Waals surface area contributed by atoms with Gasteiger partial charge in [-0.2, -0.15) is 0 Å². The van der Waals surface area contributed by atoms with Crippen LogP contribution in [0, 0.1) is 11.8 Å². The number of H-pyrrole nitrogens is 1. The first-order valence-electron chi connectivity index (χ1n) is 6.42. The summed E-state index contributed by atoms with van der Waals surface area (Å²) in [5.74, 6) is 2.54. The van der Waals surface area contributed by atoms with Crippen LogP contribution in [0.5, 0.6) is 0 Å². The van der Waals surface area contributed by atoms with Crippen LogP contribution in [-0.2, 0) is 0 Å². The van der Waals surface area contributed by atoms with E-state index >= 15 is 0 Å². The van der Waals surface area contributed by atoms with Crippen molar-refractivity contribution < 1.29 is 0 Å². The van der Waals surface area contributed by atoms with E-state index < -0.39 is 0 Å². The maximum Gasteiger partial charge on any atom is 0.203 e. The van der Waals surface area contributed by atoms with Gasteiger partial charge in [0.05, 0.1) is 11.0 Å². The second-order valence-corrected chi connectivity index (χ2v) is 5.43. The summed E-state index contributed by atoms with van der Waals surface area (Å²) >= 11 is 0. The van der Waals surface area contributed by atoms with Gasteiger partial charge in [0.1, 0.15) is 0 Å². The van der Waals surface area contributed by atoms with Gasteiger partial charge in [-0.1, -0.05) is 26.0 Å². The van der Waals surface area contributed by atoms with Crippen molar-refractivity contribution in [2.75, 3.05) is 18.0 Å². The van der Waals surface area contributed by atoms with E-state index in [1.54, 1.807) is 0 Å². The second-order valence-electron chi connectivity index (χ2n) is 5.43. The molecule has 2 atom stereocenters. The molecule has 0 amide bonds. The molecule has 17 heavy (non-hydrogen) atoms. The lowest BCUT2D eigenvalue weighted by Gasteiger charge is -2.34. The SMILES string of the molecule is C[C@@H]1C[C@H](C)CN(c2nc3ccccc3[nH]2)C1. The Labute approximate surface area is 102 Å². The fourth-order valence-electron chi connectivity index (χ4n) is 2.92. The highest BCUT2D eigenvalue weighted by Gasteiger charge is 2.23. The molecule has 0 radical (unpaired) electrons. The number of aromatic nitrogens is 2. The first-order valence-corrected chi connectivity index (χ1v) is 6.42. The van der Waals surface area contributed by atoms with Crippen LogP contribution >= 0.6 is 0 Å². The van der Waals surface area contributed by atoms with Gasteiger partial charge in [-0.05, 0) is 30.4 Å². The Morgan fingerprint density at radius 1 is 1.18 bits per heavy atom. The van der Waals surface area contributed by atoms with E-state index in [1.165, 1.54) is 6.42 Å². The summed E-state index contributed by atoms with van der Waals surface area (Å²) in [4.78, 5) is 10.5. The van der Waals surface area contributed by atoms with Gasteiger partial charge in [-0.15, -0.1) is 0 Å². The smallest absolute Gasteiger partial charge is 0.203 e. The van der Waals surface area contributed by atoms with Crippen LogP contribution in [0.25, 0.3) is 11.0 Å². The summed E-state index contributed by atoms with van der Waals surface area (Å²) in [7, 11) is 0. The molecule has 1 aliphatic heterocycles. The molecule has 1 aromatic heterocycles. The molecule has 2 heterocycles. The monoisotopic (exact) mass is 229 g/mol. The molecule has 3 heteroatoms. The summed E-state index contributed by atoms with van der Waals surface area (Å²) in [5, 5.41) is 0. The van der Waals surface area contributed by atoms with E-state index in [-0.39, 0.29) is 0 Å². The van der Waals surface area contributed by atoms with Crippen molar-refractivity contribution in [1.82, 2.24) is 9.97 Å². The van der Waals surface area contributed by atoms with Crippen LogP contribution in [0.1, 0.15) is 20.3 Å². The number of nitrogens with zero attached hydrogens (tertiary/aromatic N) is 2. The first-order chi connectivity index (χ1) is 8.22. The summed E-state index contributed by atoms with van der Waals surface area (Å²) in [5.41, 5.74) is 2.20. The molecule has 0 saturated carbocycles. The Bertz CT molecular complexity index is 474. The van der Waals surface area contributed by atoms with Crippen molar-refractivity contribution >= 4 is 17.0 Å². The average Bonchev–Trinajstić information content (AvgIpc) is 2.71. The van der Waals surface area contributed by atoms with Crippen molar-refractivity contribution in [3.8, 4) is 0 Å². The third-order valence-corrected chi connectivity index (χ3v) is 3.55. The van der Waals surface area contributed by atoms with Gasteiger partial charge in [0, 0.05) is 13.1 Å². The molecule has 0 spiro atoms. The van der Waals surface area contributed by atoms with Crippen LogP contribution < -0.4 is 4.90 Å². The van der Waals surface area contributed by atoms with Gasteiger partial charge in [0.2, 0.25) is 5.95 Å². The number of hydrogen-bond donors (Lipinski definition) is 1. The molecule has 90 valence electrons. The van der Waals surface area contributed by atoms with E-state index in [1.807, 2.05) is 12.1 Å². The molecule has 0 bridgehead atoms. The van der Waals surface area contributed by atoms with Crippen molar-refractivity contribution in [2.24, 2.45) is 11.8 Å². The first kappa shape index (κ1) is 10.6. The van der Waals surface area contributed by atoms with E-state index in [0.29, 0.717) is 0 Å². The maximum absolute atomic E-state index is 4.68. The van der Waals surface area contributed by atoms with E-state index in [2.05, 4.69) is 40.8 Å². The van der Waals surface area contributed by atoms with Crippen LogP contribution in [0.15, 0.2) is 24.3 Å². The largest absolute Gasteiger partial charge is 0.342 e. The van der Waals surface area contributed by atoms with Crippen LogP contribution in [0.4, 0.5) is 5.95 Å². The number of hydrogen-bond acceptors (Lipinski definition) is 2. The van der Waals surface area contributed by atoms with Crippen molar-refractivity contribution in [3.63, 3.8) is 0 Å². The zero-order valence-electron chi connectivity index (χ0n) is 10.5. The van der Waals surface area contributed by atoms with E-state index in [0.717, 1.165) is 41.9 Å². The van der Waals surface area contributed by atoms with Crippen LogP contribution in [0.3, 0.4) is 0 Å². The van der Waals surface area contributed by atoms with Gasteiger partial charge in [-0.25, -0.2) is 4.98 Å². The molecule has 0 aliphatic carbocycles. The van der Waals surface area contributed by atoms with Crippen molar-refractivity contribution in [1.29, 1.82) is 0 Å². The predicted molar refractivity (Wildman–Crippen MR) is 71.3 cm³/mol. The highest BCUT2D eigenvalue weighted by Crippen LogP contribution is 2.25. The Balaban J connectivity index is 1.92. The summed E-state index contributed by atoms with van der Waals surface area (Å²) in [6.07, 6.45) is 1.33. The van der Waals surface area contributed by atoms with Gasteiger partial charge >= 0.3 is 0 Å². The van der Waals surface area contributed by atoms with Crippen LogP contribution in [-0.4, -0.2) is 23.1 Å². The highest BCUT2D eigenvalue weighted by molar-refractivity contribution is 5.77. The number of fused-ring (bicyclic) bond motifs is 1. The Kier molecular flexibility index (Phi) is 2.54. The molecule has 1 fully saturated rings. The molecule has 2 aromatic rings. The minimum atomic E-state index is 0.756. The number of para-hydroxylation sites is 2. The number of rotatable bonds is 1. The number of piperidine rings is 1. The standard InChI is InChI=1S/C14H19N3/c1-10-7-11(2)9-17(8-10)14-15-12-5-3-4-6-13(12)16-14/h3-6,10-11H,7-9H2,1-2H3,(H,15,16)/t10-,11+. The lowest BCUT2D eigenvalue weighted by atomic mass is 9.92. The number of anilines is 1. The fourth-order valence-corrected chi connectivity index (χ4v) is 2.92. The summed E-state index contributed by atoms with van der Waals surface area (Å²) in [6, 6.07) is 8.23. The average molecular weight is 229 g/mol. The minimum absolute atomic E-state index is 0.756. The highest BCUT2D eigenvalue weighted by atomic mass is 15.3. The summed E-state index contributed by atoms with van der Waals surface area (Å²) in [6.45, 7) is 6.88. The molecular weight excluding hydrogens is 210 g/mol. The Morgan fingerprint density at radius 3 is 2.59 bits per heavy atom. The Morgan fingerprint density at radius 2 is 1.88 bits per heavy atom.